The molecule has 1 aromatic carbocycles. The maximum absolute atomic E-state index is 11.5. The van der Waals surface area contributed by atoms with Gasteiger partial charge in [-0.25, -0.2) is 4.79 Å². The van der Waals surface area contributed by atoms with E-state index in [1.807, 2.05) is 24.3 Å². The van der Waals surface area contributed by atoms with Gasteiger partial charge in [0.1, 0.15) is 5.75 Å². The van der Waals surface area contributed by atoms with E-state index in [0.717, 1.165) is 24.2 Å². The maximum Gasteiger partial charge on any atom is 0.371 e. The van der Waals surface area contributed by atoms with Gasteiger partial charge < -0.3 is 20.3 Å². The molecule has 0 aliphatic rings. The van der Waals surface area contributed by atoms with Crippen molar-refractivity contribution in [3.05, 3.63) is 41.7 Å². The standard InChI is InChI=1S/C19H27NO5/c1-2-3-4-5-6-7-11-25-16-10-8-9-15(12-16)14-20-18(22)13-17(21)19(23)24/h8-10,12-13,21H,2-7,11,14H2,1H3,(H,20,22)(H,23,24)/b17-13-. The van der Waals surface area contributed by atoms with E-state index < -0.39 is 17.6 Å². The molecule has 0 saturated heterocycles. The molecule has 1 rings (SSSR count). The molecule has 1 amide bonds. The first-order valence-corrected chi connectivity index (χ1v) is 8.66. The van der Waals surface area contributed by atoms with Gasteiger partial charge in [-0.05, 0) is 24.1 Å². The Balaban J connectivity index is 2.33. The van der Waals surface area contributed by atoms with Crippen molar-refractivity contribution < 1.29 is 24.5 Å². The Morgan fingerprint density at radius 3 is 2.56 bits per heavy atom. The molecule has 138 valence electrons. The summed E-state index contributed by atoms with van der Waals surface area (Å²) >= 11 is 0. The SMILES string of the molecule is CCCCCCCCOc1cccc(CNC(=O)/C=C(\O)C(=O)O)c1. The molecule has 0 aromatic heterocycles. The predicted octanol–water partition coefficient (Wildman–Crippen LogP) is 3.57. The van der Waals surface area contributed by atoms with Crippen LogP contribution in [0.15, 0.2) is 36.1 Å². The minimum atomic E-state index is -1.54. The maximum atomic E-state index is 11.5. The van der Waals surface area contributed by atoms with E-state index in [2.05, 4.69) is 12.2 Å². The van der Waals surface area contributed by atoms with Crippen LogP contribution in [0.2, 0.25) is 0 Å². The van der Waals surface area contributed by atoms with Gasteiger partial charge in [0.2, 0.25) is 11.7 Å². The number of aliphatic hydroxyl groups is 1. The summed E-state index contributed by atoms with van der Waals surface area (Å²) in [6.45, 7) is 3.08. The van der Waals surface area contributed by atoms with Crippen LogP contribution in [-0.2, 0) is 16.1 Å². The Kier molecular flexibility index (Phi) is 9.82. The van der Waals surface area contributed by atoms with Crippen molar-refractivity contribution in [3.63, 3.8) is 0 Å². The highest BCUT2D eigenvalue weighted by Crippen LogP contribution is 2.14. The van der Waals surface area contributed by atoms with Crippen LogP contribution < -0.4 is 10.1 Å². The van der Waals surface area contributed by atoms with Crippen LogP contribution in [0.4, 0.5) is 0 Å². The van der Waals surface area contributed by atoms with Crippen LogP contribution >= 0.6 is 0 Å². The van der Waals surface area contributed by atoms with E-state index in [4.69, 9.17) is 14.9 Å². The highest BCUT2D eigenvalue weighted by Gasteiger charge is 2.07. The van der Waals surface area contributed by atoms with E-state index >= 15 is 0 Å². The molecule has 0 atom stereocenters. The quantitative estimate of drug-likeness (QED) is 0.304. The normalized spacial score (nSPS) is 11.2. The van der Waals surface area contributed by atoms with Gasteiger partial charge in [0, 0.05) is 6.54 Å². The summed E-state index contributed by atoms with van der Waals surface area (Å²) in [5.41, 5.74) is 0.831. The highest BCUT2D eigenvalue weighted by atomic mass is 16.5. The molecule has 6 heteroatoms. The second kappa shape index (κ2) is 11.9. The molecular weight excluding hydrogens is 322 g/mol. The molecule has 0 bridgehead atoms. The van der Waals surface area contributed by atoms with Gasteiger partial charge >= 0.3 is 5.97 Å². The highest BCUT2D eigenvalue weighted by molar-refractivity contribution is 5.95. The molecule has 6 nitrogen and oxygen atoms in total. The van der Waals surface area contributed by atoms with Crippen molar-refractivity contribution in [2.45, 2.75) is 52.0 Å². The Bertz CT molecular complexity index is 583. The lowest BCUT2D eigenvalue weighted by Crippen LogP contribution is -2.21. The number of rotatable bonds is 12. The topological polar surface area (TPSA) is 95.9 Å². The fourth-order valence-electron chi connectivity index (χ4n) is 2.24. The Morgan fingerprint density at radius 2 is 1.84 bits per heavy atom. The number of aliphatic carboxylic acids is 1. The summed E-state index contributed by atoms with van der Waals surface area (Å²) in [6.07, 6.45) is 7.86. The third-order valence-electron chi connectivity index (χ3n) is 3.62. The van der Waals surface area contributed by atoms with E-state index in [1.165, 1.54) is 25.7 Å². The lowest BCUT2D eigenvalue weighted by atomic mass is 10.1. The summed E-state index contributed by atoms with van der Waals surface area (Å²) in [4.78, 5) is 21.9. The Morgan fingerprint density at radius 1 is 1.12 bits per heavy atom. The van der Waals surface area contributed by atoms with Crippen molar-refractivity contribution in [3.8, 4) is 5.75 Å². The molecule has 1 aromatic rings. The third kappa shape index (κ3) is 9.39. The molecule has 0 unspecified atom stereocenters. The van der Waals surface area contributed by atoms with Crippen LogP contribution in [0.1, 0.15) is 51.0 Å². The van der Waals surface area contributed by atoms with Crippen molar-refractivity contribution in [2.24, 2.45) is 0 Å². The van der Waals surface area contributed by atoms with Crippen molar-refractivity contribution in [1.29, 1.82) is 0 Å². The van der Waals surface area contributed by atoms with Crippen LogP contribution in [0.5, 0.6) is 5.75 Å². The molecule has 0 heterocycles. The van der Waals surface area contributed by atoms with E-state index in [-0.39, 0.29) is 6.54 Å². The first kappa shape index (κ1) is 20.5. The van der Waals surface area contributed by atoms with Crippen LogP contribution in [0.3, 0.4) is 0 Å². The number of carboxylic acid groups (broad SMARTS) is 1. The monoisotopic (exact) mass is 349 g/mol. The Labute approximate surface area is 148 Å². The third-order valence-corrected chi connectivity index (χ3v) is 3.62. The number of nitrogens with one attached hydrogen (secondary N) is 1. The van der Waals surface area contributed by atoms with Gasteiger partial charge in [-0.15, -0.1) is 0 Å². The zero-order valence-corrected chi connectivity index (χ0v) is 14.7. The lowest BCUT2D eigenvalue weighted by Gasteiger charge is -2.08. The summed E-state index contributed by atoms with van der Waals surface area (Å²) in [7, 11) is 0. The van der Waals surface area contributed by atoms with Crippen LogP contribution in [-0.4, -0.2) is 28.7 Å². The number of amides is 1. The molecule has 0 fully saturated rings. The molecule has 3 N–H and O–H groups in total. The van der Waals surface area contributed by atoms with Crippen molar-refractivity contribution >= 4 is 11.9 Å². The number of unbranched alkanes of at least 4 members (excludes halogenated alkanes) is 5. The fraction of sp³-hybridized carbons (Fsp3) is 0.474. The van der Waals surface area contributed by atoms with Gasteiger partial charge in [0.15, 0.2) is 0 Å². The van der Waals surface area contributed by atoms with Gasteiger partial charge in [-0.2, -0.15) is 0 Å². The second-order valence-electron chi connectivity index (χ2n) is 5.82. The summed E-state index contributed by atoms with van der Waals surface area (Å²) in [6, 6.07) is 7.36. The number of carboxylic acids is 1. The van der Waals surface area contributed by atoms with Gasteiger partial charge in [0.05, 0.1) is 12.7 Å². The Hall–Kier alpha value is -2.50. The first-order valence-electron chi connectivity index (χ1n) is 8.66. The molecule has 0 spiro atoms. The zero-order valence-electron chi connectivity index (χ0n) is 14.7. The number of aliphatic hydroxyl groups excluding tert-OH is 1. The fourth-order valence-corrected chi connectivity index (χ4v) is 2.24. The largest absolute Gasteiger partial charge is 0.502 e. The summed E-state index contributed by atoms with van der Waals surface area (Å²) in [5, 5.41) is 20.0. The van der Waals surface area contributed by atoms with Gasteiger partial charge in [0.25, 0.3) is 0 Å². The van der Waals surface area contributed by atoms with Gasteiger partial charge in [-0.1, -0.05) is 51.2 Å². The smallest absolute Gasteiger partial charge is 0.371 e. The number of carbonyl (C=O) groups is 2. The molecule has 25 heavy (non-hydrogen) atoms. The lowest BCUT2D eigenvalue weighted by molar-refractivity contribution is -0.136. The molecule has 0 aliphatic carbocycles. The van der Waals surface area contributed by atoms with Crippen molar-refractivity contribution in [2.75, 3.05) is 6.61 Å². The van der Waals surface area contributed by atoms with Crippen LogP contribution in [0.25, 0.3) is 0 Å². The first-order chi connectivity index (χ1) is 12.0. The number of hydrogen-bond acceptors (Lipinski definition) is 4. The number of benzene rings is 1. The van der Waals surface area contributed by atoms with Crippen molar-refractivity contribution in [1.82, 2.24) is 5.32 Å². The zero-order chi connectivity index (χ0) is 18.5. The minimum Gasteiger partial charge on any atom is -0.502 e. The summed E-state index contributed by atoms with van der Waals surface area (Å²) < 4.78 is 5.71. The summed E-state index contributed by atoms with van der Waals surface area (Å²) in [5.74, 6) is -2.46. The molecule has 0 aliphatic heterocycles. The minimum absolute atomic E-state index is 0.219. The number of carbonyl (C=O) groups excluding carboxylic acids is 1. The predicted molar refractivity (Wildman–Crippen MR) is 95.5 cm³/mol. The molecular formula is C19H27NO5. The van der Waals surface area contributed by atoms with E-state index in [1.54, 1.807) is 0 Å². The van der Waals surface area contributed by atoms with E-state index in [9.17, 15) is 9.59 Å². The molecule has 0 radical (unpaired) electrons. The average molecular weight is 349 g/mol. The molecule has 0 saturated carbocycles. The van der Waals surface area contributed by atoms with E-state index in [0.29, 0.717) is 12.7 Å². The second-order valence-corrected chi connectivity index (χ2v) is 5.82. The average Bonchev–Trinajstić information content (AvgIpc) is 2.59. The van der Waals surface area contributed by atoms with Gasteiger partial charge in [-0.3, -0.25) is 4.79 Å². The number of ether oxygens (including phenoxy) is 1. The number of hydrogen-bond donors (Lipinski definition) is 3. The van der Waals surface area contributed by atoms with Crippen LogP contribution in [0, 0.1) is 0 Å².